The van der Waals surface area contributed by atoms with E-state index in [2.05, 4.69) is 15.3 Å². The number of piperidine rings is 1. The SMILES string of the molecule is CCCOc1ncnc(NCC(=O)N2CCCCC2)c1N. The molecular weight excluding hydrogens is 270 g/mol. The molecule has 1 aromatic heterocycles. The zero-order valence-electron chi connectivity index (χ0n) is 12.5. The van der Waals surface area contributed by atoms with E-state index in [9.17, 15) is 4.79 Å². The molecule has 1 saturated heterocycles. The van der Waals surface area contributed by atoms with Crippen LogP contribution in [0.3, 0.4) is 0 Å². The van der Waals surface area contributed by atoms with Crippen LogP contribution in [0.25, 0.3) is 0 Å². The lowest BCUT2D eigenvalue weighted by molar-refractivity contribution is -0.130. The molecule has 1 fully saturated rings. The molecule has 1 aromatic rings. The van der Waals surface area contributed by atoms with Crippen LogP contribution in [0.2, 0.25) is 0 Å². The first-order chi connectivity index (χ1) is 10.2. The molecule has 0 spiro atoms. The largest absolute Gasteiger partial charge is 0.476 e. The average Bonchev–Trinajstić information content (AvgIpc) is 2.53. The number of nitrogens with two attached hydrogens (primary N) is 1. The highest BCUT2D eigenvalue weighted by Gasteiger charge is 2.17. The van der Waals surface area contributed by atoms with Gasteiger partial charge in [0.15, 0.2) is 5.82 Å². The van der Waals surface area contributed by atoms with Crippen LogP contribution in [0.4, 0.5) is 11.5 Å². The lowest BCUT2D eigenvalue weighted by Gasteiger charge is -2.26. The minimum absolute atomic E-state index is 0.0729. The van der Waals surface area contributed by atoms with Gasteiger partial charge in [-0.05, 0) is 25.7 Å². The van der Waals surface area contributed by atoms with Crippen molar-refractivity contribution in [3.8, 4) is 5.88 Å². The Morgan fingerprint density at radius 3 is 2.86 bits per heavy atom. The van der Waals surface area contributed by atoms with E-state index < -0.39 is 0 Å². The number of hydrogen-bond donors (Lipinski definition) is 2. The van der Waals surface area contributed by atoms with Crippen molar-refractivity contribution in [1.82, 2.24) is 14.9 Å². The fourth-order valence-corrected chi connectivity index (χ4v) is 2.25. The molecule has 3 N–H and O–H groups in total. The average molecular weight is 293 g/mol. The molecule has 1 aliphatic heterocycles. The van der Waals surface area contributed by atoms with Crippen LogP contribution in [0.15, 0.2) is 6.33 Å². The van der Waals surface area contributed by atoms with Gasteiger partial charge in [-0.25, -0.2) is 4.98 Å². The molecular formula is C14H23N5O2. The van der Waals surface area contributed by atoms with Crippen LogP contribution in [0.1, 0.15) is 32.6 Å². The third-order valence-corrected chi connectivity index (χ3v) is 3.41. The van der Waals surface area contributed by atoms with Crippen molar-refractivity contribution < 1.29 is 9.53 Å². The molecule has 0 aliphatic carbocycles. The molecule has 2 heterocycles. The van der Waals surface area contributed by atoms with Crippen molar-refractivity contribution >= 4 is 17.4 Å². The smallest absolute Gasteiger partial charge is 0.242 e. The van der Waals surface area contributed by atoms with Crippen LogP contribution in [-0.4, -0.2) is 47.0 Å². The number of ether oxygens (including phenoxy) is 1. The van der Waals surface area contributed by atoms with Gasteiger partial charge in [-0.1, -0.05) is 6.92 Å². The number of anilines is 2. The number of nitrogens with one attached hydrogen (secondary N) is 1. The Morgan fingerprint density at radius 1 is 1.38 bits per heavy atom. The standard InChI is InChI=1S/C14H23N5O2/c1-2-8-21-14-12(15)13(17-10-18-14)16-9-11(20)19-6-4-3-5-7-19/h10H,2-9,15H2,1H3,(H,16,17,18). The van der Waals surface area contributed by atoms with Crippen LogP contribution < -0.4 is 15.8 Å². The Balaban J connectivity index is 1.91. The number of aromatic nitrogens is 2. The molecule has 2 rings (SSSR count). The summed E-state index contributed by atoms with van der Waals surface area (Å²) >= 11 is 0. The predicted octanol–water partition coefficient (Wildman–Crippen LogP) is 1.27. The molecule has 0 aromatic carbocycles. The minimum Gasteiger partial charge on any atom is -0.476 e. The Labute approximate surface area is 124 Å². The zero-order chi connectivity index (χ0) is 15.1. The first-order valence-electron chi connectivity index (χ1n) is 7.47. The van der Waals surface area contributed by atoms with Gasteiger partial charge in [0, 0.05) is 13.1 Å². The van der Waals surface area contributed by atoms with Gasteiger partial charge in [-0.2, -0.15) is 4.98 Å². The first kappa shape index (κ1) is 15.3. The van der Waals surface area contributed by atoms with Gasteiger partial charge >= 0.3 is 0 Å². The maximum atomic E-state index is 12.1. The summed E-state index contributed by atoms with van der Waals surface area (Å²) in [4.78, 5) is 22.0. The number of nitrogens with zero attached hydrogens (tertiary/aromatic N) is 3. The monoisotopic (exact) mass is 293 g/mol. The van der Waals surface area contributed by atoms with E-state index in [0.29, 0.717) is 24.0 Å². The molecule has 7 nitrogen and oxygen atoms in total. The third-order valence-electron chi connectivity index (χ3n) is 3.41. The van der Waals surface area contributed by atoms with E-state index in [-0.39, 0.29) is 12.5 Å². The maximum Gasteiger partial charge on any atom is 0.242 e. The molecule has 0 atom stereocenters. The fraction of sp³-hybridized carbons (Fsp3) is 0.643. The Bertz CT molecular complexity index is 474. The molecule has 1 amide bonds. The van der Waals surface area contributed by atoms with Gasteiger partial charge in [0.1, 0.15) is 12.0 Å². The summed E-state index contributed by atoms with van der Waals surface area (Å²) < 4.78 is 5.44. The van der Waals surface area contributed by atoms with Crippen molar-refractivity contribution in [1.29, 1.82) is 0 Å². The number of carbonyl (C=O) groups excluding carboxylic acids is 1. The van der Waals surface area contributed by atoms with Crippen LogP contribution in [0, 0.1) is 0 Å². The van der Waals surface area contributed by atoms with Gasteiger partial charge in [0.2, 0.25) is 11.8 Å². The van der Waals surface area contributed by atoms with Crippen LogP contribution >= 0.6 is 0 Å². The summed E-state index contributed by atoms with van der Waals surface area (Å²) in [6.07, 6.45) is 5.62. The summed E-state index contributed by atoms with van der Waals surface area (Å²) in [5.74, 6) is 0.880. The van der Waals surface area contributed by atoms with Crippen LogP contribution in [0.5, 0.6) is 5.88 Å². The summed E-state index contributed by atoms with van der Waals surface area (Å²) in [5, 5.41) is 2.98. The first-order valence-corrected chi connectivity index (χ1v) is 7.47. The molecule has 0 saturated carbocycles. The third kappa shape index (κ3) is 4.21. The van der Waals surface area contributed by atoms with E-state index in [4.69, 9.17) is 10.5 Å². The van der Waals surface area contributed by atoms with Crippen molar-refractivity contribution in [2.75, 3.05) is 37.3 Å². The molecule has 1 aliphatic rings. The number of carbonyl (C=O) groups is 1. The quantitative estimate of drug-likeness (QED) is 0.820. The lowest BCUT2D eigenvalue weighted by atomic mass is 10.1. The van der Waals surface area contributed by atoms with Crippen molar-refractivity contribution in [2.24, 2.45) is 0 Å². The van der Waals surface area contributed by atoms with E-state index in [1.807, 2.05) is 11.8 Å². The molecule has 0 unspecified atom stereocenters. The van der Waals surface area contributed by atoms with Crippen LogP contribution in [-0.2, 0) is 4.79 Å². The molecule has 7 heteroatoms. The van der Waals surface area contributed by atoms with E-state index >= 15 is 0 Å². The number of nitrogen functional groups attached to an aromatic ring is 1. The predicted molar refractivity (Wildman–Crippen MR) is 81.2 cm³/mol. The van der Waals surface area contributed by atoms with E-state index in [1.54, 1.807) is 0 Å². The number of likely N-dealkylation sites (tertiary alicyclic amines) is 1. The highest BCUT2D eigenvalue weighted by Crippen LogP contribution is 2.24. The number of rotatable bonds is 6. The summed E-state index contributed by atoms with van der Waals surface area (Å²) in [5.41, 5.74) is 6.30. The molecule has 0 bridgehead atoms. The van der Waals surface area contributed by atoms with Crippen molar-refractivity contribution in [3.63, 3.8) is 0 Å². The van der Waals surface area contributed by atoms with Crippen molar-refractivity contribution in [3.05, 3.63) is 6.33 Å². The molecule has 21 heavy (non-hydrogen) atoms. The van der Waals surface area contributed by atoms with Crippen molar-refractivity contribution in [2.45, 2.75) is 32.6 Å². The summed E-state index contributed by atoms with van der Waals surface area (Å²) in [6.45, 7) is 4.42. The molecule has 0 radical (unpaired) electrons. The second kappa shape index (κ2) is 7.66. The lowest BCUT2D eigenvalue weighted by Crippen LogP contribution is -2.39. The normalized spacial score (nSPS) is 14.8. The summed E-state index contributed by atoms with van der Waals surface area (Å²) in [7, 11) is 0. The van der Waals surface area contributed by atoms with Gasteiger partial charge in [-0.15, -0.1) is 0 Å². The second-order valence-electron chi connectivity index (χ2n) is 5.08. The van der Waals surface area contributed by atoms with E-state index in [1.165, 1.54) is 12.7 Å². The fourth-order valence-electron chi connectivity index (χ4n) is 2.25. The van der Waals surface area contributed by atoms with Gasteiger partial charge in [-0.3, -0.25) is 4.79 Å². The van der Waals surface area contributed by atoms with Gasteiger partial charge < -0.3 is 20.7 Å². The summed E-state index contributed by atoms with van der Waals surface area (Å²) in [6, 6.07) is 0. The zero-order valence-corrected chi connectivity index (χ0v) is 12.5. The number of amides is 1. The second-order valence-corrected chi connectivity index (χ2v) is 5.08. The maximum absolute atomic E-state index is 12.1. The van der Waals surface area contributed by atoms with Gasteiger partial charge in [0.05, 0.1) is 13.2 Å². The Hall–Kier alpha value is -2.05. The van der Waals surface area contributed by atoms with E-state index in [0.717, 1.165) is 32.4 Å². The van der Waals surface area contributed by atoms with Gasteiger partial charge in [0.25, 0.3) is 0 Å². The topological polar surface area (TPSA) is 93.4 Å². The Kier molecular flexibility index (Phi) is 5.59. The molecule has 116 valence electrons. The Morgan fingerprint density at radius 2 is 2.14 bits per heavy atom. The minimum atomic E-state index is 0.0729. The number of hydrogen-bond acceptors (Lipinski definition) is 6. The highest BCUT2D eigenvalue weighted by molar-refractivity contribution is 5.82. The highest BCUT2D eigenvalue weighted by atomic mass is 16.5.